The van der Waals surface area contributed by atoms with Crippen LogP contribution in [0.3, 0.4) is 0 Å². The van der Waals surface area contributed by atoms with Crippen LogP contribution >= 0.6 is 0 Å². The largest absolute Gasteiger partial charge is 0.478 e. The van der Waals surface area contributed by atoms with Crippen LogP contribution in [0.15, 0.2) is 36.7 Å². The standard InChI is InChI=1S/C21H29N3O3/c1-5-15(2)10-17-6-7-18(21(26)27)11-19(17)24(14-20(25)23(3)4)13-16-8-9-22-12-16/h6-9,11-12,15,22H,5,10,13-14H2,1-4H3,(H,26,27). The van der Waals surface area contributed by atoms with E-state index in [1.807, 2.05) is 29.4 Å². The lowest BCUT2D eigenvalue weighted by Crippen LogP contribution is -2.37. The summed E-state index contributed by atoms with van der Waals surface area (Å²) in [4.78, 5) is 30.5. The average Bonchev–Trinajstić information content (AvgIpc) is 3.14. The van der Waals surface area contributed by atoms with E-state index in [9.17, 15) is 14.7 Å². The maximum atomic E-state index is 12.4. The fraction of sp³-hybridized carbons (Fsp3) is 0.429. The van der Waals surface area contributed by atoms with Crippen molar-refractivity contribution in [1.82, 2.24) is 9.88 Å². The number of carboxylic acids is 1. The number of nitrogens with one attached hydrogen (secondary N) is 1. The zero-order chi connectivity index (χ0) is 20.0. The van der Waals surface area contributed by atoms with Crippen molar-refractivity contribution in [2.45, 2.75) is 33.2 Å². The third kappa shape index (κ3) is 5.61. The summed E-state index contributed by atoms with van der Waals surface area (Å²) in [6, 6.07) is 7.18. The fourth-order valence-corrected chi connectivity index (χ4v) is 2.89. The number of nitrogens with zero attached hydrogens (tertiary/aromatic N) is 2. The summed E-state index contributed by atoms with van der Waals surface area (Å²) in [6.45, 7) is 5.04. The van der Waals surface area contributed by atoms with Crippen LogP contribution in [0.2, 0.25) is 0 Å². The number of likely N-dealkylation sites (N-methyl/N-ethyl adjacent to an activating group) is 1. The number of benzene rings is 1. The molecule has 2 N–H and O–H groups in total. The average molecular weight is 371 g/mol. The van der Waals surface area contributed by atoms with Gasteiger partial charge in [-0.3, -0.25) is 4.79 Å². The summed E-state index contributed by atoms with van der Waals surface area (Å²) < 4.78 is 0. The smallest absolute Gasteiger partial charge is 0.335 e. The Bertz CT molecular complexity index is 769. The number of hydrogen-bond acceptors (Lipinski definition) is 3. The molecule has 1 aromatic carbocycles. The zero-order valence-corrected chi connectivity index (χ0v) is 16.5. The number of amides is 1. The van der Waals surface area contributed by atoms with Crippen molar-refractivity contribution in [3.05, 3.63) is 53.3 Å². The third-order valence-corrected chi connectivity index (χ3v) is 4.80. The van der Waals surface area contributed by atoms with E-state index in [0.717, 1.165) is 29.7 Å². The number of aromatic carboxylic acids is 1. The van der Waals surface area contributed by atoms with Gasteiger partial charge in [-0.05, 0) is 41.7 Å². The van der Waals surface area contributed by atoms with Crippen LogP contribution in [0.1, 0.15) is 41.8 Å². The monoisotopic (exact) mass is 371 g/mol. The number of aromatic amines is 1. The Kier molecular flexibility index (Phi) is 7.05. The highest BCUT2D eigenvalue weighted by Gasteiger charge is 2.19. The summed E-state index contributed by atoms with van der Waals surface area (Å²) in [7, 11) is 3.45. The van der Waals surface area contributed by atoms with Crippen LogP contribution in [0.5, 0.6) is 0 Å². The van der Waals surface area contributed by atoms with Crippen molar-refractivity contribution in [1.29, 1.82) is 0 Å². The molecule has 6 heteroatoms. The summed E-state index contributed by atoms with van der Waals surface area (Å²) >= 11 is 0. The number of carbonyl (C=O) groups is 2. The lowest BCUT2D eigenvalue weighted by molar-refractivity contribution is -0.127. The summed E-state index contributed by atoms with van der Waals surface area (Å²) in [6.07, 6.45) is 5.61. The number of rotatable bonds is 9. The first kappa shape index (κ1) is 20.6. The van der Waals surface area contributed by atoms with Gasteiger partial charge in [-0.1, -0.05) is 26.3 Å². The van der Waals surface area contributed by atoms with Crippen molar-refractivity contribution in [3.8, 4) is 0 Å². The molecular weight excluding hydrogens is 342 g/mol. The van der Waals surface area contributed by atoms with Crippen molar-refractivity contribution in [3.63, 3.8) is 0 Å². The van der Waals surface area contributed by atoms with Crippen molar-refractivity contribution in [2.75, 3.05) is 25.5 Å². The number of hydrogen-bond donors (Lipinski definition) is 2. The Morgan fingerprint density at radius 2 is 1.96 bits per heavy atom. The molecular formula is C21H29N3O3. The quantitative estimate of drug-likeness (QED) is 0.708. The Morgan fingerprint density at radius 3 is 2.52 bits per heavy atom. The van der Waals surface area contributed by atoms with Crippen molar-refractivity contribution >= 4 is 17.6 Å². The van der Waals surface area contributed by atoms with E-state index in [2.05, 4.69) is 18.8 Å². The summed E-state index contributed by atoms with van der Waals surface area (Å²) in [5.41, 5.74) is 3.15. The second-order valence-corrected chi connectivity index (χ2v) is 7.23. The van der Waals surface area contributed by atoms with Gasteiger partial charge in [0, 0.05) is 38.7 Å². The Hall–Kier alpha value is -2.76. The molecule has 2 aromatic rings. The molecule has 0 aliphatic heterocycles. The maximum absolute atomic E-state index is 12.4. The number of anilines is 1. The molecule has 1 heterocycles. The number of carboxylic acid groups (broad SMARTS) is 1. The molecule has 146 valence electrons. The Labute approximate surface area is 160 Å². The molecule has 0 fully saturated rings. The zero-order valence-electron chi connectivity index (χ0n) is 16.5. The minimum atomic E-state index is -0.966. The second kappa shape index (κ2) is 9.26. The Morgan fingerprint density at radius 1 is 1.22 bits per heavy atom. The van der Waals surface area contributed by atoms with Crippen molar-refractivity contribution in [2.24, 2.45) is 5.92 Å². The highest BCUT2D eigenvalue weighted by molar-refractivity contribution is 5.90. The van der Waals surface area contributed by atoms with Gasteiger partial charge in [-0.15, -0.1) is 0 Å². The molecule has 0 saturated heterocycles. The van der Waals surface area contributed by atoms with E-state index >= 15 is 0 Å². The number of aromatic nitrogens is 1. The van der Waals surface area contributed by atoms with E-state index in [-0.39, 0.29) is 18.0 Å². The molecule has 6 nitrogen and oxygen atoms in total. The molecule has 27 heavy (non-hydrogen) atoms. The lowest BCUT2D eigenvalue weighted by atomic mass is 9.95. The van der Waals surface area contributed by atoms with Crippen LogP contribution in [0.25, 0.3) is 0 Å². The van der Waals surface area contributed by atoms with Gasteiger partial charge in [0.05, 0.1) is 12.1 Å². The minimum Gasteiger partial charge on any atom is -0.478 e. The predicted octanol–water partition coefficient (Wildman–Crippen LogP) is 3.40. The molecule has 2 rings (SSSR count). The summed E-state index contributed by atoms with van der Waals surface area (Å²) in [5.74, 6) is -0.522. The lowest BCUT2D eigenvalue weighted by Gasteiger charge is -2.28. The SMILES string of the molecule is CCC(C)Cc1ccc(C(=O)O)cc1N(CC(=O)N(C)C)Cc1cc[nH]c1. The number of carbonyl (C=O) groups excluding carboxylic acids is 1. The highest BCUT2D eigenvalue weighted by Crippen LogP contribution is 2.27. The van der Waals surface area contributed by atoms with E-state index in [0.29, 0.717) is 12.5 Å². The van der Waals surface area contributed by atoms with Gasteiger partial charge in [0.2, 0.25) is 5.91 Å². The molecule has 1 amide bonds. The molecule has 0 saturated carbocycles. The summed E-state index contributed by atoms with van der Waals surface area (Å²) in [5, 5.41) is 9.44. The van der Waals surface area contributed by atoms with Crippen molar-refractivity contribution < 1.29 is 14.7 Å². The van der Waals surface area contributed by atoms with Gasteiger partial charge in [-0.2, -0.15) is 0 Å². The number of H-pyrrole nitrogens is 1. The van der Waals surface area contributed by atoms with Crippen LogP contribution < -0.4 is 4.90 Å². The normalized spacial score (nSPS) is 11.9. The molecule has 0 radical (unpaired) electrons. The van der Waals surface area contributed by atoms with Crippen LogP contribution in [-0.2, 0) is 17.8 Å². The van der Waals surface area contributed by atoms with E-state index in [1.54, 1.807) is 31.1 Å². The van der Waals surface area contributed by atoms with Gasteiger partial charge in [0.15, 0.2) is 0 Å². The van der Waals surface area contributed by atoms with Gasteiger partial charge >= 0.3 is 5.97 Å². The van der Waals surface area contributed by atoms with Gasteiger partial charge in [0.1, 0.15) is 0 Å². The van der Waals surface area contributed by atoms with Gasteiger partial charge < -0.3 is 19.9 Å². The van der Waals surface area contributed by atoms with Crippen LogP contribution in [-0.4, -0.2) is 47.5 Å². The maximum Gasteiger partial charge on any atom is 0.335 e. The van der Waals surface area contributed by atoms with Crippen LogP contribution in [0, 0.1) is 5.92 Å². The minimum absolute atomic E-state index is 0.0271. The van der Waals surface area contributed by atoms with Crippen LogP contribution in [0.4, 0.5) is 5.69 Å². The van der Waals surface area contributed by atoms with E-state index in [1.165, 1.54) is 0 Å². The first-order chi connectivity index (χ1) is 12.8. The predicted molar refractivity (Wildman–Crippen MR) is 107 cm³/mol. The molecule has 0 spiro atoms. The van der Waals surface area contributed by atoms with Gasteiger partial charge in [-0.25, -0.2) is 4.79 Å². The molecule has 0 aliphatic rings. The Balaban J connectivity index is 2.47. The van der Waals surface area contributed by atoms with E-state index < -0.39 is 5.97 Å². The molecule has 1 aromatic heterocycles. The first-order valence-corrected chi connectivity index (χ1v) is 9.24. The second-order valence-electron chi connectivity index (χ2n) is 7.23. The topological polar surface area (TPSA) is 76.6 Å². The molecule has 0 aliphatic carbocycles. The van der Waals surface area contributed by atoms with E-state index in [4.69, 9.17) is 0 Å². The third-order valence-electron chi connectivity index (χ3n) is 4.80. The first-order valence-electron chi connectivity index (χ1n) is 9.24. The molecule has 1 unspecified atom stereocenters. The van der Waals surface area contributed by atoms with Gasteiger partial charge in [0.25, 0.3) is 0 Å². The molecule has 1 atom stereocenters. The fourth-order valence-electron chi connectivity index (χ4n) is 2.89. The highest BCUT2D eigenvalue weighted by atomic mass is 16.4. The molecule has 0 bridgehead atoms.